The average molecular weight is 274 g/mol. The van der Waals surface area contributed by atoms with Crippen LogP contribution in [-0.4, -0.2) is 17.3 Å². The van der Waals surface area contributed by atoms with Gasteiger partial charge in [-0.2, -0.15) is 13.2 Å². The largest absolute Gasteiger partial charge is 0.417 e. The summed E-state index contributed by atoms with van der Waals surface area (Å²) in [5.74, 6) is -1.01. The summed E-state index contributed by atoms with van der Waals surface area (Å²) >= 11 is 0. The Bertz CT molecular complexity index is 444. The highest BCUT2D eigenvalue weighted by molar-refractivity contribution is 5.99. The molecule has 1 rings (SSSR count). The number of alkyl halides is 3. The van der Waals surface area contributed by atoms with Gasteiger partial charge in [-0.15, -0.1) is 0 Å². The molecule has 1 unspecified atom stereocenters. The van der Waals surface area contributed by atoms with E-state index >= 15 is 0 Å². The number of hydrogen-bond acceptors (Lipinski definition) is 3. The van der Waals surface area contributed by atoms with Crippen molar-refractivity contribution in [3.8, 4) is 0 Å². The van der Waals surface area contributed by atoms with E-state index in [1.165, 1.54) is 0 Å². The molecule has 0 aliphatic heterocycles. The lowest BCUT2D eigenvalue weighted by Gasteiger charge is -2.18. The molecule has 0 amide bonds. The first-order valence-corrected chi connectivity index (χ1v) is 6.02. The van der Waals surface area contributed by atoms with Gasteiger partial charge in [-0.05, 0) is 18.4 Å². The Hall–Kier alpha value is -1.43. The number of pyridine rings is 1. The molecule has 0 aromatic carbocycles. The summed E-state index contributed by atoms with van der Waals surface area (Å²) in [5, 5.41) is 0. The monoisotopic (exact) mass is 274 g/mol. The Kier molecular flexibility index (Phi) is 5.05. The number of rotatable bonds is 5. The fraction of sp³-hybridized carbons (Fsp3) is 0.538. The van der Waals surface area contributed by atoms with Gasteiger partial charge in [0.25, 0.3) is 0 Å². The average Bonchev–Trinajstić information content (AvgIpc) is 2.34. The molecule has 2 N–H and O–H groups in total. The zero-order valence-corrected chi connectivity index (χ0v) is 10.9. The van der Waals surface area contributed by atoms with Crippen LogP contribution in [0.5, 0.6) is 0 Å². The summed E-state index contributed by atoms with van der Waals surface area (Å²) in [4.78, 5) is 15.8. The minimum absolute atomic E-state index is 0.0310. The molecule has 0 bridgehead atoms. The third kappa shape index (κ3) is 4.02. The molecule has 0 fully saturated rings. The lowest BCUT2D eigenvalue weighted by Crippen LogP contribution is -2.27. The van der Waals surface area contributed by atoms with Gasteiger partial charge < -0.3 is 5.73 Å². The molecule has 1 heterocycles. The first kappa shape index (κ1) is 15.6. The number of carbonyl (C=O) groups excluding carboxylic acids is 1. The van der Waals surface area contributed by atoms with Crippen LogP contribution in [-0.2, 0) is 6.18 Å². The van der Waals surface area contributed by atoms with Crippen molar-refractivity contribution in [3.05, 3.63) is 29.6 Å². The Labute approximate surface area is 110 Å². The normalized spacial score (nSPS) is 13.6. The van der Waals surface area contributed by atoms with E-state index in [9.17, 15) is 18.0 Å². The molecule has 3 nitrogen and oxygen atoms in total. The number of carbonyl (C=O) groups is 1. The van der Waals surface area contributed by atoms with Gasteiger partial charge >= 0.3 is 6.18 Å². The number of Topliss-reactive ketones (excluding diaryl/α,β-unsaturated/α-hetero) is 1. The molecule has 0 saturated heterocycles. The smallest absolute Gasteiger partial charge is 0.330 e. The summed E-state index contributed by atoms with van der Waals surface area (Å²) < 4.78 is 38.5. The maximum Gasteiger partial charge on any atom is 0.417 e. The topological polar surface area (TPSA) is 56.0 Å². The summed E-state index contributed by atoms with van der Waals surface area (Å²) in [7, 11) is 0. The Morgan fingerprint density at radius 3 is 2.53 bits per heavy atom. The van der Waals surface area contributed by atoms with E-state index in [-0.39, 0.29) is 12.5 Å². The lowest BCUT2D eigenvalue weighted by atomic mass is 9.88. The van der Waals surface area contributed by atoms with Crippen LogP contribution in [0.1, 0.15) is 36.2 Å². The van der Waals surface area contributed by atoms with Gasteiger partial charge in [-0.3, -0.25) is 9.78 Å². The van der Waals surface area contributed by atoms with E-state index in [2.05, 4.69) is 4.98 Å². The van der Waals surface area contributed by atoms with Crippen LogP contribution < -0.4 is 5.73 Å². The molecule has 1 aromatic heterocycles. The van der Waals surface area contributed by atoms with Gasteiger partial charge in [0.05, 0.1) is 5.56 Å². The quantitative estimate of drug-likeness (QED) is 0.840. The number of nitrogens with two attached hydrogens (primary N) is 1. The predicted molar refractivity (Wildman–Crippen MR) is 65.6 cm³/mol. The maximum absolute atomic E-state index is 12.8. The molecule has 106 valence electrons. The van der Waals surface area contributed by atoms with Gasteiger partial charge in [0.1, 0.15) is 0 Å². The molecular formula is C13H17F3N2O. The minimum Gasteiger partial charge on any atom is -0.330 e. The molecule has 0 saturated carbocycles. The highest BCUT2D eigenvalue weighted by atomic mass is 19.4. The van der Waals surface area contributed by atoms with Crippen molar-refractivity contribution in [1.82, 2.24) is 4.98 Å². The zero-order chi connectivity index (χ0) is 14.6. The fourth-order valence-electron chi connectivity index (χ4n) is 1.94. The highest BCUT2D eigenvalue weighted by Crippen LogP contribution is 2.32. The van der Waals surface area contributed by atoms with Crippen molar-refractivity contribution in [2.24, 2.45) is 17.6 Å². The van der Waals surface area contributed by atoms with Crippen molar-refractivity contribution in [2.75, 3.05) is 6.54 Å². The second-order valence-corrected chi connectivity index (χ2v) is 4.85. The van der Waals surface area contributed by atoms with Crippen molar-refractivity contribution >= 4 is 5.78 Å². The van der Waals surface area contributed by atoms with Crippen molar-refractivity contribution in [2.45, 2.75) is 26.4 Å². The van der Waals surface area contributed by atoms with E-state index in [4.69, 9.17) is 5.73 Å². The first-order chi connectivity index (χ1) is 8.77. The molecule has 1 aromatic rings. The molecule has 0 aliphatic carbocycles. The fourth-order valence-corrected chi connectivity index (χ4v) is 1.94. The molecule has 6 heteroatoms. The number of aromatic nitrogens is 1. The summed E-state index contributed by atoms with van der Waals surface area (Å²) in [6.07, 6.45) is -2.11. The van der Waals surface area contributed by atoms with Gasteiger partial charge in [0, 0.05) is 30.4 Å². The number of hydrogen-bond donors (Lipinski definition) is 1. The van der Waals surface area contributed by atoms with Crippen LogP contribution in [0.3, 0.4) is 0 Å². The van der Waals surface area contributed by atoms with Gasteiger partial charge in [0.2, 0.25) is 0 Å². The van der Waals surface area contributed by atoms with E-state index in [0.29, 0.717) is 6.42 Å². The molecule has 0 spiro atoms. The summed E-state index contributed by atoms with van der Waals surface area (Å²) in [6, 6.07) is 0.816. The number of nitrogens with zero attached hydrogens (tertiary/aromatic N) is 1. The van der Waals surface area contributed by atoms with Crippen LogP contribution in [0.15, 0.2) is 18.5 Å². The van der Waals surface area contributed by atoms with E-state index in [0.717, 1.165) is 18.5 Å². The Morgan fingerprint density at radius 1 is 1.42 bits per heavy atom. The van der Waals surface area contributed by atoms with E-state index < -0.39 is 29.0 Å². The van der Waals surface area contributed by atoms with Crippen LogP contribution in [0.4, 0.5) is 13.2 Å². The van der Waals surface area contributed by atoms with Crippen LogP contribution in [0, 0.1) is 11.8 Å². The first-order valence-electron chi connectivity index (χ1n) is 6.02. The molecule has 0 radical (unpaired) electrons. The molecule has 19 heavy (non-hydrogen) atoms. The molecule has 0 aliphatic rings. The van der Waals surface area contributed by atoms with Crippen molar-refractivity contribution in [3.63, 3.8) is 0 Å². The lowest BCUT2D eigenvalue weighted by molar-refractivity contribution is -0.138. The van der Waals surface area contributed by atoms with Crippen molar-refractivity contribution in [1.29, 1.82) is 0 Å². The standard InChI is InChI=1S/C13H17F3N2O/c1-8(2)5-9(6-17)12(19)10-7-18-4-3-11(10)13(14,15)16/h3-4,7-9H,5-6,17H2,1-2H3. The van der Waals surface area contributed by atoms with Gasteiger partial charge in [0.15, 0.2) is 5.78 Å². The molecular weight excluding hydrogens is 257 g/mol. The maximum atomic E-state index is 12.8. The SMILES string of the molecule is CC(C)CC(CN)C(=O)c1cnccc1C(F)(F)F. The Morgan fingerprint density at radius 2 is 2.05 bits per heavy atom. The van der Waals surface area contributed by atoms with E-state index in [1.807, 2.05) is 13.8 Å². The van der Waals surface area contributed by atoms with E-state index in [1.54, 1.807) is 0 Å². The third-order valence-electron chi connectivity index (χ3n) is 2.80. The van der Waals surface area contributed by atoms with Gasteiger partial charge in [-0.1, -0.05) is 13.8 Å². The summed E-state index contributed by atoms with van der Waals surface area (Å²) in [6.45, 7) is 3.82. The van der Waals surface area contributed by atoms with Crippen LogP contribution in [0.25, 0.3) is 0 Å². The van der Waals surface area contributed by atoms with Crippen molar-refractivity contribution < 1.29 is 18.0 Å². The predicted octanol–water partition coefficient (Wildman–Crippen LogP) is 2.90. The Balaban J connectivity index is 3.12. The number of halogens is 3. The zero-order valence-electron chi connectivity index (χ0n) is 10.9. The summed E-state index contributed by atoms with van der Waals surface area (Å²) in [5.41, 5.74) is 4.15. The third-order valence-corrected chi connectivity index (χ3v) is 2.80. The van der Waals surface area contributed by atoms with Gasteiger partial charge in [-0.25, -0.2) is 0 Å². The number of ketones is 1. The minimum atomic E-state index is -4.56. The highest BCUT2D eigenvalue weighted by Gasteiger charge is 2.36. The molecule has 1 atom stereocenters. The second kappa shape index (κ2) is 6.14. The van der Waals surface area contributed by atoms with Crippen LogP contribution in [0.2, 0.25) is 0 Å². The second-order valence-electron chi connectivity index (χ2n) is 4.85. The van der Waals surface area contributed by atoms with Crippen LogP contribution >= 0.6 is 0 Å².